The van der Waals surface area contributed by atoms with Crippen molar-refractivity contribution in [2.45, 2.75) is 6.92 Å². The predicted octanol–water partition coefficient (Wildman–Crippen LogP) is 2.39. The highest BCUT2D eigenvalue weighted by molar-refractivity contribution is 6.07. The number of nitrogens with zero attached hydrogens (tertiary/aromatic N) is 3. The molecule has 25 heavy (non-hydrogen) atoms. The Hall–Kier alpha value is -3.00. The van der Waals surface area contributed by atoms with Crippen LogP contribution >= 0.6 is 0 Å². The number of nitro benzene ring substituents is 1. The molecule has 1 aromatic carbocycles. The number of hydrogen-bond acceptors (Lipinski definition) is 6. The third kappa shape index (κ3) is 3.92. The maximum absolute atomic E-state index is 12.6. The molecule has 0 saturated carbocycles. The molecule has 1 aliphatic rings. The van der Waals surface area contributed by atoms with Gasteiger partial charge in [-0.15, -0.1) is 0 Å². The highest BCUT2D eigenvalue weighted by Crippen LogP contribution is 2.26. The molecule has 0 atom stereocenters. The van der Waals surface area contributed by atoms with Crippen LogP contribution in [0, 0.1) is 17.0 Å². The number of carbonyl (C=O) groups is 1. The number of benzene rings is 1. The summed E-state index contributed by atoms with van der Waals surface area (Å²) in [5.41, 5.74) is 1.49. The van der Waals surface area contributed by atoms with Crippen molar-refractivity contribution in [2.75, 3.05) is 36.5 Å². The Morgan fingerprint density at radius 3 is 2.68 bits per heavy atom. The van der Waals surface area contributed by atoms with E-state index in [-0.39, 0.29) is 11.3 Å². The molecule has 1 aromatic heterocycles. The third-order valence-electron chi connectivity index (χ3n) is 3.95. The van der Waals surface area contributed by atoms with Crippen LogP contribution in [-0.4, -0.2) is 42.1 Å². The monoisotopic (exact) mass is 342 g/mol. The van der Waals surface area contributed by atoms with E-state index in [0.29, 0.717) is 32.1 Å². The van der Waals surface area contributed by atoms with Gasteiger partial charge in [-0.25, -0.2) is 4.98 Å². The van der Waals surface area contributed by atoms with E-state index in [1.165, 1.54) is 6.07 Å². The van der Waals surface area contributed by atoms with Crippen molar-refractivity contribution in [3.63, 3.8) is 0 Å². The predicted molar refractivity (Wildman–Crippen MR) is 93.1 cm³/mol. The Labute approximate surface area is 144 Å². The maximum atomic E-state index is 12.6. The summed E-state index contributed by atoms with van der Waals surface area (Å²) in [6.45, 7) is 4.42. The molecular formula is C17H18N4O4. The molecule has 0 unspecified atom stereocenters. The summed E-state index contributed by atoms with van der Waals surface area (Å²) < 4.78 is 5.31. The van der Waals surface area contributed by atoms with Crippen molar-refractivity contribution in [3.8, 4) is 0 Å². The summed E-state index contributed by atoms with van der Waals surface area (Å²) in [6, 6.07) is 8.03. The molecule has 1 amide bonds. The first-order valence-corrected chi connectivity index (χ1v) is 7.90. The van der Waals surface area contributed by atoms with Gasteiger partial charge in [-0.1, -0.05) is 6.07 Å². The normalized spacial score (nSPS) is 14.2. The number of nitro groups is 1. The molecule has 0 bridgehead atoms. The molecule has 2 aromatic rings. The molecule has 1 aliphatic heterocycles. The fourth-order valence-electron chi connectivity index (χ4n) is 2.61. The first kappa shape index (κ1) is 16.8. The van der Waals surface area contributed by atoms with Gasteiger partial charge in [-0.2, -0.15) is 0 Å². The number of ether oxygens (including phenoxy) is 1. The second kappa shape index (κ2) is 7.27. The van der Waals surface area contributed by atoms with Gasteiger partial charge < -0.3 is 15.0 Å². The molecule has 1 saturated heterocycles. The van der Waals surface area contributed by atoms with Crippen molar-refractivity contribution in [1.29, 1.82) is 0 Å². The Morgan fingerprint density at radius 1 is 1.28 bits per heavy atom. The van der Waals surface area contributed by atoms with E-state index in [1.54, 1.807) is 30.5 Å². The maximum Gasteiger partial charge on any atom is 0.282 e. The van der Waals surface area contributed by atoms with Gasteiger partial charge in [0.1, 0.15) is 11.4 Å². The minimum absolute atomic E-state index is 0.0105. The molecule has 1 fully saturated rings. The summed E-state index contributed by atoms with van der Waals surface area (Å²) in [4.78, 5) is 29.4. The van der Waals surface area contributed by atoms with Crippen LogP contribution < -0.4 is 10.2 Å². The van der Waals surface area contributed by atoms with E-state index >= 15 is 0 Å². The lowest BCUT2D eigenvalue weighted by Gasteiger charge is -2.29. The van der Waals surface area contributed by atoms with E-state index in [9.17, 15) is 14.9 Å². The fourth-order valence-corrected chi connectivity index (χ4v) is 2.61. The number of hydrogen-bond donors (Lipinski definition) is 1. The van der Waals surface area contributed by atoms with Gasteiger partial charge in [0.05, 0.1) is 18.1 Å². The molecular weight excluding hydrogens is 324 g/mol. The molecule has 8 nitrogen and oxygen atoms in total. The number of nitrogens with one attached hydrogen (secondary N) is 1. The van der Waals surface area contributed by atoms with E-state index < -0.39 is 10.8 Å². The topological polar surface area (TPSA) is 97.6 Å². The van der Waals surface area contributed by atoms with Gasteiger partial charge in [-0.05, 0) is 30.7 Å². The summed E-state index contributed by atoms with van der Waals surface area (Å²) in [7, 11) is 0. The number of morpholine rings is 1. The number of rotatable bonds is 4. The Bertz CT molecular complexity index is 786. The highest BCUT2D eigenvalue weighted by atomic mass is 16.6. The minimum Gasteiger partial charge on any atom is -0.378 e. The van der Waals surface area contributed by atoms with Gasteiger partial charge in [0, 0.05) is 31.0 Å². The van der Waals surface area contributed by atoms with Gasteiger partial charge in [0.2, 0.25) is 0 Å². The zero-order valence-corrected chi connectivity index (χ0v) is 13.8. The highest BCUT2D eigenvalue weighted by Gasteiger charge is 2.23. The van der Waals surface area contributed by atoms with Gasteiger partial charge >= 0.3 is 0 Å². The summed E-state index contributed by atoms with van der Waals surface area (Å²) in [5.74, 6) is -0.208. The number of aromatic nitrogens is 1. The average molecular weight is 342 g/mol. The van der Waals surface area contributed by atoms with Gasteiger partial charge in [0.15, 0.2) is 0 Å². The SMILES string of the molecule is Cc1ccc(NC(=O)c2cc(N3CCOCC3)ccc2[N+](=O)[O-])nc1. The van der Waals surface area contributed by atoms with Crippen LogP contribution in [0.5, 0.6) is 0 Å². The number of carbonyl (C=O) groups excluding carboxylic acids is 1. The second-order valence-electron chi connectivity index (χ2n) is 5.73. The van der Waals surface area contributed by atoms with Crippen LogP contribution in [0.2, 0.25) is 0 Å². The van der Waals surface area contributed by atoms with Crippen molar-refractivity contribution >= 4 is 23.1 Å². The zero-order valence-electron chi connectivity index (χ0n) is 13.8. The average Bonchev–Trinajstić information content (AvgIpc) is 2.63. The Kier molecular flexibility index (Phi) is 4.90. The van der Waals surface area contributed by atoms with E-state index in [2.05, 4.69) is 10.3 Å². The first-order valence-electron chi connectivity index (χ1n) is 7.90. The molecule has 130 valence electrons. The summed E-state index contributed by atoms with van der Waals surface area (Å²) in [6.07, 6.45) is 1.62. The molecule has 3 rings (SSSR count). The van der Waals surface area contributed by atoms with Crippen LogP contribution in [0.25, 0.3) is 0 Å². The Balaban J connectivity index is 1.89. The van der Waals surface area contributed by atoms with Crippen molar-refractivity contribution in [2.24, 2.45) is 0 Å². The van der Waals surface area contributed by atoms with E-state index in [4.69, 9.17) is 4.74 Å². The van der Waals surface area contributed by atoms with Gasteiger partial charge in [0.25, 0.3) is 11.6 Å². The number of amides is 1. The molecule has 0 spiro atoms. The standard InChI is InChI=1S/C17H18N4O4/c1-12-2-5-16(18-11-12)19-17(22)14-10-13(3-4-15(14)21(23)24)20-6-8-25-9-7-20/h2-5,10-11H,6-9H2,1H3,(H,18,19,22). The second-order valence-corrected chi connectivity index (χ2v) is 5.73. The van der Waals surface area contributed by atoms with Crippen LogP contribution in [0.3, 0.4) is 0 Å². The van der Waals surface area contributed by atoms with Gasteiger partial charge in [-0.3, -0.25) is 14.9 Å². The number of anilines is 2. The lowest BCUT2D eigenvalue weighted by Crippen LogP contribution is -2.36. The molecule has 0 aliphatic carbocycles. The van der Waals surface area contributed by atoms with Crippen LogP contribution in [0.1, 0.15) is 15.9 Å². The lowest BCUT2D eigenvalue weighted by atomic mass is 10.1. The van der Waals surface area contributed by atoms with Crippen molar-refractivity contribution in [1.82, 2.24) is 4.98 Å². The smallest absolute Gasteiger partial charge is 0.282 e. The molecule has 0 radical (unpaired) electrons. The fraction of sp³-hybridized carbons (Fsp3) is 0.294. The summed E-state index contributed by atoms with van der Waals surface area (Å²) in [5, 5.41) is 13.9. The quantitative estimate of drug-likeness (QED) is 0.677. The van der Waals surface area contributed by atoms with Crippen LogP contribution in [0.4, 0.5) is 17.2 Å². The molecule has 1 N–H and O–H groups in total. The lowest BCUT2D eigenvalue weighted by molar-refractivity contribution is -0.385. The third-order valence-corrected chi connectivity index (χ3v) is 3.95. The molecule has 2 heterocycles. The van der Waals surface area contributed by atoms with Crippen molar-refractivity contribution in [3.05, 3.63) is 57.8 Å². The number of pyridine rings is 1. The largest absolute Gasteiger partial charge is 0.378 e. The first-order chi connectivity index (χ1) is 12.0. The molecule has 8 heteroatoms. The summed E-state index contributed by atoms with van der Waals surface area (Å²) >= 11 is 0. The Morgan fingerprint density at radius 2 is 2.04 bits per heavy atom. The van der Waals surface area contributed by atoms with E-state index in [1.807, 2.05) is 11.8 Å². The van der Waals surface area contributed by atoms with Crippen LogP contribution in [0.15, 0.2) is 36.5 Å². The minimum atomic E-state index is -0.557. The van der Waals surface area contributed by atoms with Crippen molar-refractivity contribution < 1.29 is 14.5 Å². The van der Waals surface area contributed by atoms with Crippen LogP contribution in [-0.2, 0) is 4.74 Å². The zero-order chi connectivity index (χ0) is 17.8. The number of aryl methyl sites for hydroxylation is 1. The van der Waals surface area contributed by atoms with E-state index in [0.717, 1.165) is 11.3 Å².